The summed E-state index contributed by atoms with van der Waals surface area (Å²) < 4.78 is 18.8. The molecule has 0 atom stereocenters. The zero-order chi connectivity index (χ0) is 18.4. The van der Waals surface area contributed by atoms with Crippen molar-refractivity contribution in [3.05, 3.63) is 77.4 Å². The molecule has 0 bridgehead atoms. The highest BCUT2D eigenvalue weighted by atomic mass is 19.1. The second-order valence-electron chi connectivity index (χ2n) is 5.72. The first-order valence-electron chi connectivity index (χ1n) is 8.25. The van der Waals surface area contributed by atoms with Crippen LogP contribution in [0.4, 0.5) is 10.2 Å². The highest BCUT2D eigenvalue weighted by Crippen LogP contribution is 2.10. The Bertz CT molecular complexity index is 881. The standard InChI is InChI=1S/C19H19FN4O2/c1-13-23-17(19(25)22-12-15-6-4-10-26-15)11-18(24-13)21-9-8-14-5-2-3-7-16(14)20/h2-7,10-11H,8-9,12H2,1H3,(H,22,25)(H,21,23,24). The van der Waals surface area contributed by atoms with Crippen LogP contribution < -0.4 is 10.6 Å². The van der Waals surface area contributed by atoms with Crippen molar-refractivity contribution in [2.45, 2.75) is 19.9 Å². The Morgan fingerprint density at radius 3 is 2.81 bits per heavy atom. The van der Waals surface area contributed by atoms with Gasteiger partial charge in [0.05, 0.1) is 12.8 Å². The normalized spacial score (nSPS) is 10.5. The number of carbonyl (C=O) groups excluding carboxylic acids is 1. The average Bonchev–Trinajstić information content (AvgIpc) is 3.14. The maximum Gasteiger partial charge on any atom is 0.270 e. The van der Waals surface area contributed by atoms with Gasteiger partial charge in [-0.15, -0.1) is 0 Å². The van der Waals surface area contributed by atoms with Crippen molar-refractivity contribution in [2.75, 3.05) is 11.9 Å². The number of carbonyl (C=O) groups is 1. The molecule has 0 unspecified atom stereocenters. The maximum absolute atomic E-state index is 13.6. The van der Waals surface area contributed by atoms with E-state index < -0.39 is 0 Å². The summed E-state index contributed by atoms with van der Waals surface area (Å²) in [5, 5.41) is 5.85. The third-order valence-electron chi connectivity index (χ3n) is 3.73. The number of hydrogen-bond donors (Lipinski definition) is 2. The lowest BCUT2D eigenvalue weighted by molar-refractivity contribution is 0.0942. The van der Waals surface area contributed by atoms with E-state index in [2.05, 4.69) is 20.6 Å². The van der Waals surface area contributed by atoms with Crippen LogP contribution in [0.5, 0.6) is 0 Å². The van der Waals surface area contributed by atoms with Gasteiger partial charge in [0.15, 0.2) is 0 Å². The monoisotopic (exact) mass is 354 g/mol. The Morgan fingerprint density at radius 1 is 1.19 bits per heavy atom. The second-order valence-corrected chi connectivity index (χ2v) is 5.72. The molecule has 0 radical (unpaired) electrons. The van der Waals surface area contributed by atoms with Crippen LogP contribution >= 0.6 is 0 Å². The Hall–Kier alpha value is -3.22. The minimum absolute atomic E-state index is 0.230. The van der Waals surface area contributed by atoms with Gasteiger partial charge in [-0.3, -0.25) is 4.79 Å². The summed E-state index contributed by atoms with van der Waals surface area (Å²) in [5.41, 5.74) is 0.889. The van der Waals surface area contributed by atoms with Gasteiger partial charge in [0, 0.05) is 12.6 Å². The van der Waals surface area contributed by atoms with Crippen molar-refractivity contribution in [3.63, 3.8) is 0 Å². The molecule has 0 saturated heterocycles. The number of nitrogens with one attached hydrogen (secondary N) is 2. The van der Waals surface area contributed by atoms with E-state index in [-0.39, 0.29) is 24.0 Å². The number of hydrogen-bond acceptors (Lipinski definition) is 5. The Balaban J connectivity index is 1.60. The molecule has 3 aromatic rings. The number of nitrogens with zero attached hydrogens (tertiary/aromatic N) is 2. The minimum atomic E-state index is -0.316. The lowest BCUT2D eigenvalue weighted by Gasteiger charge is -2.09. The summed E-state index contributed by atoms with van der Waals surface area (Å²) in [4.78, 5) is 20.7. The fraction of sp³-hybridized carbons (Fsp3) is 0.211. The predicted octanol–water partition coefficient (Wildman–Crippen LogP) is 3.10. The number of aromatic nitrogens is 2. The largest absolute Gasteiger partial charge is 0.467 e. The Morgan fingerprint density at radius 2 is 2.04 bits per heavy atom. The van der Waals surface area contributed by atoms with E-state index in [1.54, 1.807) is 49.6 Å². The third-order valence-corrected chi connectivity index (χ3v) is 3.73. The molecule has 6 nitrogen and oxygen atoms in total. The van der Waals surface area contributed by atoms with Crippen LogP contribution in [0.15, 0.2) is 53.1 Å². The molecule has 1 amide bonds. The van der Waals surface area contributed by atoms with E-state index in [9.17, 15) is 9.18 Å². The molecule has 2 N–H and O–H groups in total. The number of aryl methyl sites for hydroxylation is 1. The van der Waals surface area contributed by atoms with Gasteiger partial charge in [-0.25, -0.2) is 14.4 Å². The van der Waals surface area contributed by atoms with Crippen molar-refractivity contribution in [1.82, 2.24) is 15.3 Å². The van der Waals surface area contributed by atoms with Gasteiger partial charge in [-0.05, 0) is 37.1 Å². The van der Waals surface area contributed by atoms with E-state index in [0.29, 0.717) is 35.9 Å². The molecule has 3 rings (SSSR count). The molecule has 134 valence electrons. The molecule has 26 heavy (non-hydrogen) atoms. The van der Waals surface area contributed by atoms with Gasteiger partial charge in [0.2, 0.25) is 0 Å². The summed E-state index contributed by atoms with van der Waals surface area (Å²) in [6, 6.07) is 11.8. The van der Waals surface area contributed by atoms with Crippen LogP contribution in [0.25, 0.3) is 0 Å². The number of amides is 1. The molecule has 2 aromatic heterocycles. The first-order valence-corrected chi connectivity index (χ1v) is 8.25. The van der Waals surface area contributed by atoms with Crippen molar-refractivity contribution >= 4 is 11.7 Å². The number of rotatable bonds is 7. The zero-order valence-corrected chi connectivity index (χ0v) is 14.3. The van der Waals surface area contributed by atoms with E-state index in [4.69, 9.17) is 4.42 Å². The van der Waals surface area contributed by atoms with E-state index in [1.807, 2.05) is 0 Å². The van der Waals surface area contributed by atoms with Crippen LogP contribution in [0.3, 0.4) is 0 Å². The van der Waals surface area contributed by atoms with E-state index in [1.165, 1.54) is 6.07 Å². The molecule has 0 spiro atoms. The molecular formula is C19H19FN4O2. The lowest BCUT2D eigenvalue weighted by atomic mass is 10.1. The van der Waals surface area contributed by atoms with Gasteiger partial charge in [0.25, 0.3) is 5.91 Å². The molecular weight excluding hydrogens is 335 g/mol. The molecule has 0 aliphatic rings. The van der Waals surface area contributed by atoms with Crippen molar-refractivity contribution in [3.8, 4) is 0 Å². The lowest BCUT2D eigenvalue weighted by Crippen LogP contribution is -2.24. The molecule has 0 saturated carbocycles. The van der Waals surface area contributed by atoms with Crippen molar-refractivity contribution < 1.29 is 13.6 Å². The van der Waals surface area contributed by atoms with Gasteiger partial charge < -0.3 is 15.1 Å². The van der Waals surface area contributed by atoms with Crippen LogP contribution in [0.1, 0.15) is 27.6 Å². The van der Waals surface area contributed by atoms with Gasteiger partial charge in [-0.1, -0.05) is 18.2 Å². The minimum Gasteiger partial charge on any atom is -0.467 e. The molecule has 0 aliphatic carbocycles. The highest BCUT2D eigenvalue weighted by Gasteiger charge is 2.11. The van der Waals surface area contributed by atoms with Crippen LogP contribution in [-0.4, -0.2) is 22.4 Å². The summed E-state index contributed by atoms with van der Waals surface area (Å²) in [6.07, 6.45) is 2.06. The smallest absolute Gasteiger partial charge is 0.270 e. The van der Waals surface area contributed by atoms with E-state index in [0.717, 1.165) is 0 Å². The van der Waals surface area contributed by atoms with Crippen LogP contribution in [-0.2, 0) is 13.0 Å². The van der Waals surface area contributed by atoms with Crippen molar-refractivity contribution in [1.29, 1.82) is 0 Å². The Kier molecular flexibility index (Phi) is 5.58. The third kappa shape index (κ3) is 4.66. The summed E-state index contributed by atoms with van der Waals surface area (Å²) in [5.74, 6) is 1.11. The fourth-order valence-electron chi connectivity index (χ4n) is 2.47. The number of furan rings is 1. The molecule has 1 aromatic carbocycles. The first kappa shape index (κ1) is 17.6. The summed E-state index contributed by atoms with van der Waals surface area (Å²) in [7, 11) is 0. The van der Waals surface area contributed by atoms with Crippen molar-refractivity contribution in [2.24, 2.45) is 0 Å². The van der Waals surface area contributed by atoms with Crippen LogP contribution in [0.2, 0.25) is 0 Å². The first-order chi connectivity index (χ1) is 12.6. The average molecular weight is 354 g/mol. The number of anilines is 1. The SMILES string of the molecule is Cc1nc(NCCc2ccccc2F)cc(C(=O)NCc2ccco2)n1. The van der Waals surface area contributed by atoms with Gasteiger partial charge in [-0.2, -0.15) is 0 Å². The maximum atomic E-state index is 13.6. The molecule has 7 heteroatoms. The predicted molar refractivity (Wildman–Crippen MR) is 95.2 cm³/mol. The Labute approximate surface area is 150 Å². The van der Waals surface area contributed by atoms with E-state index >= 15 is 0 Å². The second kappa shape index (κ2) is 8.24. The van der Waals surface area contributed by atoms with Crippen LogP contribution in [0, 0.1) is 12.7 Å². The molecule has 0 aliphatic heterocycles. The molecule has 0 fully saturated rings. The molecule has 2 heterocycles. The summed E-state index contributed by atoms with van der Waals surface area (Å²) >= 11 is 0. The van der Waals surface area contributed by atoms with Gasteiger partial charge >= 0.3 is 0 Å². The zero-order valence-electron chi connectivity index (χ0n) is 14.3. The summed E-state index contributed by atoms with van der Waals surface area (Å²) in [6.45, 7) is 2.49. The van der Waals surface area contributed by atoms with Gasteiger partial charge in [0.1, 0.15) is 28.9 Å². The topological polar surface area (TPSA) is 80.0 Å². The number of benzene rings is 1. The number of halogens is 1. The highest BCUT2D eigenvalue weighted by molar-refractivity contribution is 5.92. The fourth-order valence-corrected chi connectivity index (χ4v) is 2.47. The quantitative estimate of drug-likeness (QED) is 0.681.